The van der Waals surface area contributed by atoms with E-state index in [4.69, 9.17) is 23.2 Å². The summed E-state index contributed by atoms with van der Waals surface area (Å²) in [7, 11) is 0. The molecular formula is C16H16BrCl2N. The smallest absolute Gasteiger partial charge is 0.0588 e. The van der Waals surface area contributed by atoms with Crippen LogP contribution in [0.3, 0.4) is 0 Å². The Hall–Kier alpha value is -0.540. The molecule has 0 saturated carbocycles. The minimum Gasteiger partial charge on any atom is -0.306 e. The number of hydrogen-bond acceptors (Lipinski definition) is 1. The molecule has 0 bridgehead atoms. The van der Waals surface area contributed by atoms with E-state index in [-0.39, 0.29) is 6.04 Å². The largest absolute Gasteiger partial charge is 0.306 e. The predicted molar refractivity (Wildman–Crippen MR) is 90.9 cm³/mol. The maximum Gasteiger partial charge on any atom is 0.0588 e. The third-order valence-electron chi connectivity index (χ3n) is 3.21. The van der Waals surface area contributed by atoms with Gasteiger partial charge in [-0.25, -0.2) is 0 Å². The second-order valence-corrected chi connectivity index (χ2v) is 6.36. The van der Waals surface area contributed by atoms with E-state index in [2.05, 4.69) is 34.2 Å². The number of aryl methyl sites for hydroxylation is 1. The van der Waals surface area contributed by atoms with Crippen LogP contribution in [-0.2, 0) is 0 Å². The van der Waals surface area contributed by atoms with Crippen molar-refractivity contribution in [2.45, 2.75) is 19.9 Å². The lowest BCUT2D eigenvalue weighted by atomic mass is 9.98. The second-order valence-electron chi connectivity index (χ2n) is 4.67. The fraction of sp³-hybridized carbons (Fsp3) is 0.250. The fourth-order valence-corrected chi connectivity index (χ4v) is 3.24. The molecule has 1 nitrogen and oxygen atoms in total. The summed E-state index contributed by atoms with van der Waals surface area (Å²) >= 11 is 15.9. The Balaban J connectivity index is 2.47. The Morgan fingerprint density at radius 2 is 1.90 bits per heavy atom. The number of hydrogen-bond donors (Lipinski definition) is 1. The first kappa shape index (κ1) is 15.8. The monoisotopic (exact) mass is 371 g/mol. The lowest BCUT2D eigenvalue weighted by molar-refractivity contribution is 0.628. The van der Waals surface area contributed by atoms with Crippen LogP contribution in [0.25, 0.3) is 0 Å². The van der Waals surface area contributed by atoms with E-state index in [0.29, 0.717) is 0 Å². The van der Waals surface area contributed by atoms with Gasteiger partial charge in [0.05, 0.1) is 6.04 Å². The van der Waals surface area contributed by atoms with Gasteiger partial charge >= 0.3 is 0 Å². The van der Waals surface area contributed by atoms with Crippen LogP contribution >= 0.6 is 39.1 Å². The zero-order valence-electron chi connectivity index (χ0n) is 11.4. The molecule has 20 heavy (non-hydrogen) atoms. The summed E-state index contributed by atoms with van der Waals surface area (Å²) in [6.07, 6.45) is 0. The molecule has 0 saturated heterocycles. The van der Waals surface area contributed by atoms with Gasteiger partial charge in [0.1, 0.15) is 0 Å². The number of nitrogens with one attached hydrogen (secondary N) is 1. The molecule has 2 aromatic carbocycles. The summed E-state index contributed by atoms with van der Waals surface area (Å²) < 4.78 is 0.993. The molecule has 0 amide bonds. The maximum absolute atomic E-state index is 6.25. The lowest BCUT2D eigenvalue weighted by Crippen LogP contribution is -2.22. The molecule has 0 spiro atoms. The Morgan fingerprint density at radius 1 is 1.15 bits per heavy atom. The Labute approximate surface area is 138 Å². The molecule has 1 atom stereocenters. The number of halogens is 3. The molecule has 1 N–H and O–H groups in total. The minimum absolute atomic E-state index is 0.0877. The standard InChI is InChI=1S/C16H16BrCl2N/c1-3-20-16(11-5-4-10(2)15(19)8-11)13-7-6-12(18)9-14(13)17/h4-9,16,20H,3H2,1-2H3. The first-order chi connectivity index (χ1) is 9.52. The van der Waals surface area contributed by atoms with Crippen molar-refractivity contribution in [2.75, 3.05) is 6.54 Å². The molecule has 0 fully saturated rings. The summed E-state index contributed by atoms with van der Waals surface area (Å²) in [5.41, 5.74) is 3.38. The van der Waals surface area contributed by atoms with Crippen molar-refractivity contribution in [3.05, 3.63) is 67.6 Å². The van der Waals surface area contributed by atoms with Crippen LogP contribution in [0.4, 0.5) is 0 Å². The molecule has 0 aromatic heterocycles. The van der Waals surface area contributed by atoms with E-state index < -0.39 is 0 Å². The van der Waals surface area contributed by atoms with Crippen LogP contribution in [-0.4, -0.2) is 6.54 Å². The maximum atomic E-state index is 6.25. The van der Waals surface area contributed by atoms with Crippen molar-refractivity contribution >= 4 is 39.1 Å². The Morgan fingerprint density at radius 3 is 2.50 bits per heavy atom. The van der Waals surface area contributed by atoms with Crippen LogP contribution in [0, 0.1) is 6.92 Å². The van der Waals surface area contributed by atoms with E-state index >= 15 is 0 Å². The highest BCUT2D eigenvalue weighted by Gasteiger charge is 2.16. The summed E-state index contributed by atoms with van der Waals surface area (Å²) in [4.78, 5) is 0. The molecule has 106 valence electrons. The van der Waals surface area contributed by atoms with Gasteiger partial charge in [-0.1, -0.05) is 64.3 Å². The van der Waals surface area contributed by atoms with E-state index in [1.54, 1.807) is 0 Å². The summed E-state index contributed by atoms with van der Waals surface area (Å²) in [5, 5.41) is 5.00. The third kappa shape index (κ3) is 3.56. The van der Waals surface area contributed by atoms with Gasteiger partial charge in [-0.3, -0.25) is 0 Å². The van der Waals surface area contributed by atoms with Gasteiger partial charge in [0, 0.05) is 14.5 Å². The minimum atomic E-state index is 0.0877. The molecule has 2 rings (SSSR count). The highest BCUT2D eigenvalue weighted by molar-refractivity contribution is 9.10. The van der Waals surface area contributed by atoms with Crippen LogP contribution in [0.15, 0.2) is 40.9 Å². The fourth-order valence-electron chi connectivity index (χ4n) is 2.14. The van der Waals surface area contributed by atoms with Crippen LogP contribution in [0.2, 0.25) is 10.0 Å². The van der Waals surface area contributed by atoms with Gasteiger partial charge in [-0.05, 0) is 48.4 Å². The topological polar surface area (TPSA) is 12.0 Å². The zero-order chi connectivity index (χ0) is 14.7. The van der Waals surface area contributed by atoms with Crippen LogP contribution in [0.1, 0.15) is 29.7 Å². The first-order valence-electron chi connectivity index (χ1n) is 6.47. The van der Waals surface area contributed by atoms with Gasteiger partial charge in [0.15, 0.2) is 0 Å². The zero-order valence-corrected chi connectivity index (χ0v) is 14.5. The van der Waals surface area contributed by atoms with E-state index in [1.165, 1.54) is 0 Å². The van der Waals surface area contributed by atoms with Crippen molar-refractivity contribution in [2.24, 2.45) is 0 Å². The molecule has 0 heterocycles. The van der Waals surface area contributed by atoms with Crippen molar-refractivity contribution in [3.8, 4) is 0 Å². The highest BCUT2D eigenvalue weighted by atomic mass is 79.9. The molecule has 1 unspecified atom stereocenters. The Bertz CT molecular complexity index is 613. The SMILES string of the molecule is CCNC(c1ccc(C)c(Cl)c1)c1ccc(Cl)cc1Br. The molecule has 0 aliphatic carbocycles. The second kappa shape index (κ2) is 6.95. The van der Waals surface area contributed by atoms with E-state index in [9.17, 15) is 0 Å². The van der Waals surface area contributed by atoms with Gasteiger partial charge in [0.2, 0.25) is 0 Å². The van der Waals surface area contributed by atoms with Gasteiger partial charge < -0.3 is 5.32 Å². The van der Waals surface area contributed by atoms with Crippen LogP contribution < -0.4 is 5.32 Å². The number of rotatable bonds is 4. The van der Waals surface area contributed by atoms with Gasteiger partial charge in [-0.2, -0.15) is 0 Å². The lowest BCUT2D eigenvalue weighted by Gasteiger charge is -2.21. The van der Waals surface area contributed by atoms with Crippen molar-refractivity contribution in [3.63, 3.8) is 0 Å². The molecular weight excluding hydrogens is 357 g/mol. The molecule has 0 radical (unpaired) electrons. The van der Waals surface area contributed by atoms with E-state index in [1.807, 2.05) is 37.3 Å². The van der Waals surface area contributed by atoms with Crippen LogP contribution in [0.5, 0.6) is 0 Å². The third-order valence-corrected chi connectivity index (χ3v) is 4.54. The summed E-state index contributed by atoms with van der Waals surface area (Å²) in [6.45, 7) is 4.96. The van der Waals surface area contributed by atoms with Crippen molar-refractivity contribution in [1.82, 2.24) is 5.32 Å². The molecule has 2 aromatic rings. The Kier molecular flexibility index (Phi) is 5.50. The predicted octanol–water partition coefficient (Wildman–Crippen LogP) is 5.76. The molecule has 4 heteroatoms. The average Bonchev–Trinajstić information content (AvgIpc) is 2.40. The number of benzene rings is 2. The quantitative estimate of drug-likeness (QED) is 0.718. The average molecular weight is 373 g/mol. The first-order valence-corrected chi connectivity index (χ1v) is 8.02. The van der Waals surface area contributed by atoms with Crippen molar-refractivity contribution < 1.29 is 0 Å². The summed E-state index contributed by atoms with van der Waals surface area (Å²) in [5.74, 6) is 0. The van der Waals surface area contributed by atoms with Crippen molar-refractivity contribution in [1.29, 1.82) is 0 Å². The molecule has 0 aliphatic rings. The highest BCUT2D eigenvalue weighted by Crippen LogP contribution is 2.32. The van der Waals surface area contributed by atoms with Gasteiger partial charge in [0.25, 0.3) is 0 Å². The van der Waals surface area contributed by atoms with Gasteiger partial charge in [-0.15, -0.1) is 0 Å². The normalized spacial score (nSPS) is 12.4. The van der Waals surface area contributed by atoms with E-state index in [0.717, 1.165) is 37.8 Å². The summed E-state index contributed by atoms with van der Waals surface area (Å²) in [6, 6.07) is 12.1. The molecule has 0 aliphatic heterocycles.